The van der Waals surface area contributed by atoms with E-state index in [4.69, 9.17) is 0 Å². The molecule has 0 saturated carbocycles. The summed E-state index contributed by atoms with van der Waals surface area (Å²) in [7, 11) is -3.35. The number of hydrogen-bond acceptors (Lipinski definition) is 4. The van der Waals surface area contributed by atoms with E-state index in [9.17, 15) is 23.1 Å². The number of sulfone groups is 1. The van der Waals surface area contributed by atoms with Gasteiger partial charge in [0.05, 0.1) is 4.90 Å². The van der Waals surface area contributed by atoms with E-state index in [-0.39, 0.29) is 16.9 Å². The maximum absolute atomic E-state index is 12.2. The Kier molecular flexibility index (Phi) is 5.35. The highest BCUT2D eigenvalue weighted by Crippen LogP contribution is 2.11. The van der Waals surface area contributed by atoms with E-state index >= 15 is 0 Å². The fraction of sp³-hybridized carbons (Fsp3) is 0.176. The van der Waals surface area contributed by atoms with Crippen molar-refractivity contribution in [3.63, 3.8) is 0 Å². The molecule has 24 heavy (non-hydrogen) atoms. The molecule has 2 aromatic rings. The quantitative estimate of drug-likeness (QED) is 0.825. The lowest BCUT2D eigenvalue weighted by Crippen LogP contribution is -2.42. The summed E-state index contributed by atoms with van der Waals surface area (Å²) in [6, 6.07) is 13.2. The van der Waals surface area contributed by atoms with E-state index in [1.165, 1.54) is 24.3 Å². The van der Waals surface area contributed by atoms with Crippen molar-refractivity contribution in [3.8, 4) is 0 Å². The zero-order valence-electron chi connectivity index (χ0n) is 13.0. The number of carbonyl (C=O) groups excluding carboxylic acids is 1. The molecular formula is C17H17NO5S. The van der Waals surface area contributed by atoms with Crippen LogP contribution in [0.3, 0.4) is 0 Å². The van der Waals surface area contributed by atoms with Crippen LogP contribution in [0.5, 0.6) is 0 Å². The van der Waals surface area contributed by atoms with Gasteiger partial charge in [0.25, 0.3) is 5.91 Å². The summed E-state index contributed by atoms with van der Waals surface area (Å²) in [5, 5.41) is 11.7. The largest absolute Gasteiger partial charge is 0.480 e. The van der Waals surface area contributed by atoms with Crippen LogP contribution in [0.4, 0.5) is 0 Å². The molecule has 0 radical (unpaired) electrons. The van der Waals surface area contributed by atoms with Gasteiger partial charge in [0.1, 0.15) is 6.04 Å². The maximum Gasteiger partial charge on any atom is 0.326 e. The van der Waals surface area contributed by atoms with Crippen LogP contribution in [-0.2, 0) is 21.1 Å². The molecule has 0 aliphatic rings. The fourth-order valence-electron chi connectivity index (χ4n) is 2.14. The number of carboxylic acid groups (broad SMARTS) is 1. The topological polar surface area (TPSA) is 101 Å². The minimum absolute atomic E-state index is 0.0955. The molecule has 2 N–H and O–H groups in total. The van der Waals surface area contributed by atoms with Crippen LogP contribution in [0.25, 0.3) is 0 Å². The Morgan fingerprint density at radius 1 is 1.04 bits per heavy atom. The molecule has 0 aliphatic heterocycles. The van der Waals surface area contributed by atoms with Gasteiger partial charge < -0.3 is 10.4 Å². The molecule has 0 saturated heterocycles. The van der Waals surface area contributed by atoms with Crippen molar-refractivity contribution in [2.75, 3.05) is 6.26 Å². The highest BCUT2D eigenvalue weighted by molar-refractivity contribution is 7.90. The summed E-state index contributed by atoms with van der Waals surface area (Å²) < 4.78 is 22.8. The number of amides is 1. The van der Waals surface area contributed by atoms with Crippen molar-refractivity contribution in [1.29, 1.82) is 0 Å². The van der Waals surface area contributed by atoms with E-state index in [1.54, 1.807) is 24.3 Å². The van der Waals surface area contributed by atoms with Crippen LogP contribution < -0.4 is 5.32 Å². The third-order valence-electron chi connectivity index (χ3n) is 3.43. The molecule has 0 aliphatic carbocycles. The summed E-state index contributed by atoms with van der Waals surface area (Å²) >= 11 is 0. The molecule has 1 amide bonds. The first-order valence-electron chi connectivity index (χ1n) is 7.15. The monoisotopic (exact) mass is 347 g/mol. The highest BCUT2D eigenvalue weighted by atomic mass is 32.2. The molecule has 0 aromatic heterocycles. The van der Waals surface area contributed by atoms with Gasteiger partial charge in [-0.3, -0.25) is 4.79 Å². The molecule has 7 heteroatoms. The van der Waals surface area contributed by atoms with Crippen molar-refractivity contribution in [2.45, 2.75) is 17.4 Å². The average molecular weight is 347 g/mol. The van der Waals surface area contributed by atoms with Crippen molar-refractivity contribution in [3.05, 3.63) is 65.7 Å². The normalized spacial score (nSPS) is 12.4. The lowest BCUT2D eigenvalue weighted by Gasteiger charge is -2.15. The number of aliphatic carboxylic acids is 1. The number of hydrogen-bond donors (Lipinski definition) is 2. The summed E-state index contributed by atoms with van der Waals surface area (Å²) in [6.45, 7) is 0. The number of carboxylic acids is 1. The van der Waals surface area contributed by atoms with E-state index < -0.39 is 27.8 Å². The van der Waals surface area contributed by atoms with Crippen molar-refractivity contribution in [2.24, 2.45) is 0 Å². The molecule has 0 spiro atoms. The number of benzene rings is 2. The van der Waals surface area contributed by atoms with Gasteiger partial charge in [-0.2, -0.15) is 0 Å². The van der Waals surface area contributed by atoms with Gasteiger partial charge in [-0.05, 0) is 29.8 Å². The molecule has 0 heterocycles. The van der Waals surface area contributed by atoms with E-state index in [1.807, 2.05) is 6.07 Å². The Morgan fingerprint density at radius 3 is 2.12 bits per heavy atom. The lowest BCUT2D eigenvalue weighted by molar-refractivity contribution is -0.139. The van der Waals surface area contributed by atoms with Gasteiger partial charge in [-0.15, -0.1) is 0 Å². The van der Waals surface area contributed by atoms with Crippen LogP contribution in [0.15, 0.2) is 59.5 Å². The predicted octanol–water partition coefficient (Wildman–Crippen LogP) is 1.52. The second-order valence-corrected chi connectivity index (χ2v) is 7.37. The van der Waals surface area contributed by atoms with Gasteiger partial charge >= 0.3 is 5.97 Å². The third-order valence-corrected chi connectivity index (χ3v) is 4.56. The standard InChI is InChI=1S/C17H17NO5S/c1-24(22,23)14-9-7-13(8-10-14)16(19)18-15(17(20)21)11-12-5-3-2-4-6-12/h2-10,15H,11H2,1H3,(H,18,19)(H,20,21). The maximum atomic E-state index is 12.2. The van der Waals surface area contributed by atoms with Crippen LogP contribution in [0.2, 0.25) is 0 Å². The van der Waals surface area contributed by atoms with Crippen LogP contribution in [0, 0.1) is 0 Å². The van der Waals surface area contributed by atoms with E-state index in [2.05, 4.69) is 5.32 Å². The zero-order valence-corrected chi connectivity index (χ0v) is 13.8. The Morgan fingerprint density at radius 2 is 1.62 bits per heavy atom. The van der Waals surface area contributed by atoms with Gasteiger partial charge in [0, 0.05) is 18.2 Å². The summed E-state index contributed by atoms with van der Waals surface area (Å²) in [5.74, 6) is -1.71. The Labute approximate surface area is 140 Å². The third kappa shape index (κ3) is 4.66. The average Bonchev–Trinajstić information content (AvgIpc) is 2.54. The first kappa shape index (κ1) is 17.7. The number of rotatable bonds is 6. The number of nitrogens with one attached hydrogen (secondary N) is 1. The minimum Gasteiger partial charge on any atom is -0.480 e. The summed E-state index contributed by atoms with van der Waals surface area (Å²) in [5.41, 5.74) is 0.985. The minimum atomic E-state index is -3.35. The van der Waals surface area contributed by atoms with Gasteiger partial charge in [-0.25, -0.2) is 13.2 Å². The Hall–Kier alpha value is -2.67. The van der Waals surface area contributed by atoms with Crippen molar-refractivity contribution >= 4 is 21.7 Å². The van der Waals surface area contributed by atoms with Gasteiger partial charge in [0.2, 0.25) is 0 Å². The lowest BCUT2D eigenvalue weighted by atomic mass is 10.1. The molecule has 126 valence electrons. The first-order chi connectivity index (χ1) is 11.3. The van der Waals surface area contributed by atoms with E-state index in [0.29, 0.717) is 0 Å². The summed E-state index contributed by atoms with van der Waals surface area (Å²) in [4.78, 5) is 23.6. The Balaban J connectivity index is 2.12. The SMILES string of the molecule is CS(=O)(=O)c1ccc(C(=O)NC(Cc2ccccc2)C(=O)O)cc1. The smallest absolute Gasteiger partial charge is 0.326 e. The van der Waals surface area contributed by atoms with Crippen molar-refractivity contribution < 1.29 is 23.1 Å². The Bertz CT molecular complexity index is 829. The van der Waals surface area contributed by atoms with E-state index in [0.717, 1.165) is 11.8 Å². The molecule has 0 bridgehead atoms. The highest BCUT2D eigenvalue weighted by Gasteiger charge is 2.21. The molecule has 6 nitrogen and oxygen atoms in total. The zero-order chi connectivity index (χ0) is 17.7. The van der Waals surface area contributed by atoms with Crippen LogP contribution in [0.1, 0.15) is 15.9 Å². The molecule has 0 fully saturated rings. The second kappa shape index (κ2) is 7.27. The molecule has 1 atom stereocenters. The summed E-state index contributed by atoms with van der Waals surface area (Å²) in [6.07, 6.45) is 1.23. The first-order valence-corrected chi connectivity index (χ1v) is 9.04. The molecule has 2 rings (SSSR count). The van der Waals surface area contributed by atoms with Gasteiger partial charge in [-0.1, -0.05) is 30.3 Å². The second-order valence-electron chi connectivity index (χ2n) is 5.35. The number of carbonyl (C=O) groups is 2. The van der Waals surface area contributed by atoms with Crippen LogP contribution in [-0.4, -0.2) is 37.7 Å². The van der Waals surface area contributed by atoms with Crippen molar-refractivity contribution in [1.82, 2.24) is 5.32 Å². The van der Waals surface area contributed by atoms with Gasteiger partial charge in [0.15, 0.2) is 9.84 Å². The molecule has 2 aromatic carbocycles. The molecule has 1 unspecified atom stereocenters. The predicted molar refractivity (Wildman–Crippen MR) is 88.6 cm³/mol. The van der Waals surface area contributed by atoms with Crippen LogP contribution >= 0.6 is 0 Å². The fourth-order valence-corrected chi connectivity index (χ4v) is 2.78. The molecular weight excluding hydrogens is 330 g/mol.